The van der Waals surface area contributed by atoms with E-state index in [-0.39, 0.29) is 25.3 Å². The van der Waals surface area contributed by atoms with Crippen LogP contribution in [0.15, 0.2) is 30.3 Å². The van der Waals surface area contributed by atoms with Crippen LogP contribution >= 0.6 is 0 Å². The van der Waals surface area contributed by atoms with Gasteiger partial charge in [-0.1, -0.05) is 30.3 Å². The Morgan fingerprint density at radius 2 is 1.71 bits per heavy atom. The van der Waals surface area contributed by atoms with E-state index in [2.05, 4.69) is 5.32 Å². The van der Waals surface area contributed by atoms with Crippen molar-refractivity contribution < 1.29 is 28.8 Å². The van der Waals surface area contributed by atoms with Crippen molar-refractivity contribution in [3.8, 4) is 0 Å². The molecule has 1 unspecified atom stereocenters. The molecule has 1 saturated heterocycles. The van der Waals surface area contributed by atoms with Gasteiger partial charge in [-0.3, -0.25) is 9.59 Å². The molecule has 0 radical (unpaired) electrons. The number of hydrogen-bond donors (Lipinski definition) is 1. The van der Waals surface area contributed by atoms with Crippen LogP contribution in [0.25, 0.3) is 0 Å². The van der Waals surface area contributed by atoms with Crippen LogP contribution in [0.4, 0.5) is 4.79 Å². The van der Waals surface area contributed by atoms with Gasteiger partial charge in [0.1, 0.15) is 5.60 Å². The van der Waals surface area contributed by atoms with Gasteiger partial charge in [0.15, 0.2) is 0 Å². The number of nitrogens with one attached hydrogen (secondary N) is 1. The summed E-state index contributed by atoms with van der Waals surface area (Å²) in [5.74, 6) is -1.67. The van der Waals surface area contributed by atoms with Crippen molar-refractivity contribution in [2.45, 2.75) is 64.5 Å². The predicted molar refractivity (Wildman–Crippen MR) is 99.6 cm³/mol. The lowest BCUT2D eigenvalue weighted by molar-refractivity contribution is -0.197. The summed E-state index contributed by atoms with van der Waals surface area (Å²) < 4.78 is 5.31. The highest BCUT2D eigenvalue weighted by molar-refractivity contribution is 6.01. The van der Waals surface area contributed by atoms with Crippen molar-refractivity contribution >= 4 is 23.9 Å². The zero-order valence-corrected chi connectivity index (χ0v) is 16.4. The Morgan fingerprint density at radius 1 is 1.11 bits per heavy atom. The van der Waals surface area contributed by atoms with Crippen molar-refractivity contribution in [2.24, 2.45) is 0 Å². The van der Waals surface area contributed by atoms with E-state index in [9.17, 15) is 19.2 Å². The van der Waals surface area contributed by atoms with Gasteiger partial charge in [0.05, 0.1) is 6.04 Å². The molecule has 1 aromatic rings. The number of alkyl carbamates (subject to hydrolysis) is 1. The molecule has 0 spiro atoms. The molecule has 0 saturated carbocycles. The van der Waals surface area contributed by atoms with Crippen molar-refractivity contribution in [2.75, 3.05) is 0 Å². The lowest BCUT2D eigenvalue weighted by Crippen LogP contribution is -2.35. The predicted octanol–water partition coefficient (Wildman–Crippen LogP) is 3.03. The van der Waals surface area contributed by atoms with E-state index in [1.54, 1.807) is 20.8 Å². The first-order valence-corrected chi connectivity index (χ1v) is 9.27. The molecule has 8 nitrogen and oxygen atoms in total. The molecule has 1 aliphatic rings. The maximum Gasteiger partial charge on any atom is 0.408 e. The molecule has 1 heterocycles. The first-order chi connectivity index (χ1) is 13.2. The molecular formula is C20H26N2O6. The van der Waals surface area contributed by atoms with Crippen LogP contribution in [0.2, 0.25) is 0 Å². The minimum absolute atomic E-state index is 0.0103. The smallest absolute Gasteiger partial charge is 0.408 e. The molecule has 3 amide bonds. The second-order valence-electron chi connectivity index (χ2n) is 7.55. The average molecular weight is 390 g/mol. The summed E-state index contributed by atoms with van der Waals surface area (Å²) in [5, 5.41) is 3.36. The minimum atomic E-state index is -0.660. The van der Waals surface area contributed by atoms with Crippen LogP contribution in [0, 0.1) is 0 Å². The monoisotopic (exact) mass is 390 g/mol. The fourth-order valence-electron chi connectivity index (χ4n) is 2.71. The first-order valence-electron chi connectivity index (χ1n) is 9.27. The fraction of sp³-hybridized carbons (Fsp3) is 0.500. The van der Waals surface area contributed by atoms with Gasteiger partial charge < -0.3 is 14.9 Å². The van der Waals surface area contributed by atoms with Gasteiger partial charge in [-0.2, -0.15) is 0 Å². The third kappa shape index (κ3) is 6.68. The summed E-state index contributed by atoms with van der Waals surface area (Å²) in [7, 11) is 0. The van der Waals surface area contributed by atoms with Crippen molar-refractivity contribution in [3.05, 3.63) is 35.9 Å². The molecule has 1 N–H and O–H groups in total. The Morgan fingerprint density at radius 3 is 2.29 bits per heavy atom. The maximum absolute atomic E-state index is 12.1. The minimum Gasteiger partial charge on any atom is -0.444 e. The summed E-state index contributed by atoms with van der Waals surface area (Å²) in [4.78, 5) is 51.9. The van der Waals surface area contributed by atoms with Crippen molar-refractivity contribution in [3.63, 3.8) is 0 Å². The molecule has 28 heavy (non-hydrogen) atoms. The molecule has 1 fully saturated rings. The van der Waals surface area contributed by atoms with Gasteiger partial charge in [0.2, 0.25) is 0 Å². The van der Waals surface area contributed by atoms with E-state index in [1.807, 2.05) is 30.3 Å². The Bertz CT molecular complexity index is 710. The van der Waals surface area contributed by atoms with Crippen LogP contribution in [0.5, 0.6) is 0 Å². The van der Waals surface area contributed by atoms with Crippen LogP contribution in [-0.4, -0.2) is 34.5 Å². The number of amides is 3. The number of benzene rings is 1. The van der Waals surface area contributed by atoms with E-state index in [1.165, 1.54) is 0 Å². The molecule has 0 aliphatic carbocycles. The Labute approximate surface area is 164 Å². The maximum atomic E-state index is 12.1. The fourth-order valence-corrected chi connectivity index (χ4v) is 2.71. The molecule has 1 atom stereocenters. The average Bonchev–Trinajstić information content (AvgIpc) is 2.92. The first kappa shape index (κ1) is 21.4. The topological polar surface area (TPSA) is 102 Å². The molecule has 152 valence electrons. The quantitative estimate of drug-likeness (QED) is 0.718. The number of carbonyl (C=O) groups excluding carboxylic acids is 4. The Hall–Kier alpha value is -2.90. The Kier molecular flexibility index (Phi) is 7.14. The van der Waals surface area contributed by atoms with E-state index in [0.717, 1.165) is 5.56 Å². The SMILES string of the molecule is CC(C)(C)OC(=O)NC(CCCC(=O)ON1C(=O)CCC1=O)c1ccccc1. The number of imide groups is 1. The van der Waals surface area contributed by atoms with Gasteiger partial charge in [-0.05, 0) is 39.2 Å². The summed E-state index contributed by atoms with van der Waals surface area (Å²) in [5.41, 5.74) is 0.260. The summed E-state index contributed by atoms with van der Waals surface area (Å²) in [6.45, 7) is 5.34. The van der Waals surface area contributed by atoms with E-state index in [4.69, 9.17) is 9.57 Å². The molecule has 2 rings (SSSR count). The van der Waals surface area contributed by atoms with Crippen molar-refractivity contribution in [1.29, 1.82) is 0 Å². The van der Waals surface area contributed by atoms with E-state index in [0.29, 0.717) is 17.9 Å². The van der Waals surface area contributed by atoms with Crippen LogP contribution in [0.3, 0.4) is 0 Å². The highest BCUT2D eigenvalue weighted by Crippen LogP contribution is 2.21. The second-order valence-corrected chi connectivity index (χ2v) is 7.55. The van der Waals surface area contributed by atoms with E-state index >= 15 is 0 Å². The number of hydroxylamine groups is 2. The molecule has 1 aliphatic heterocycles. The molecule has 0 bridgehead atoms. The third-order valence-electron chi connectivity index (χ3n) is 3.97. The third-order valence-corrected chi connectivity index (χ3v) is 3.97. The lowest BCUT2D eigenvalue weighted by atomic mass is 10.0. The van der Waals surface area contributed by atoms with Gasteiger partial charge >= 0.3 is 12.1 Å². The van der Waals surface area contributed by atoms with E-state index < -0.39 is 29.5 Å². The summed E-state index contributed by atoms with van der Waals surface area (Å²) in [6, 6.07) is 8.99. The van der Waals surface area contributed by atoms with Crippen LogP contribution < -0.4 is 5.32 Å². The largest absolute Gasteiger partial charge is 0.444 e. The molecule has 8 heteroatoms. The van der Waals surface area contributed by atoms with Gasteiger partial charge in [-0.25, -0.2) is 9.59 Å². The number of hydrogen-bond acceptors (Lipinski definition) is 6. The van der Waals surface area contributed by atoms with Crippen LogP contribution in [0.1, 0.15) is 64.5 Å². The zero-order chi connectivity index (χ0) is 20.7. The van der Waals surface area contributed by atoms with Gasteiger partial charge in [-0.15, -0.1) is 5.06 Å². The van der Waals surface area contributed by atoms with Gasteiger partial charge in [0, 0.05) is 19.3 Å². The highest BCUT2D eigenvalue weighted by atomic mass is 16.7. The highest BCUT2D eigenvalue weighted by Gasteiger charge is 2.32. The normalized spacial score (nSPS) is 15.3. The summed E-state index contributed by atoms with van der Waals surface area (Å²) in [6.07, 6.45) is 0.433. The molecule has 0 aromatic heterocycles. The molecular weight excluding hydrogens is 364 g/mol. The number of ether oxygens (including phenoxy) is 1. The lowest BCUT2D eigenvalue weighted by Gasteiger charge is -2.24. The van der Waals surface area contributed by atoms with Gasteiger partial charge in [0.25, 0.3) is 11.8 Å². The van der Waals surface area contributed by atoms with Crippen LogP contribution in [-0.2, 0) is 24.0 Å². The number of carbonyl (C=O) groups is 4. The zero-order valence-electron chi connectivity index (χ0n) is 16.4. The Balaban J connectivity index is 1.90. The van der Waals surface area contributed by atoms with Crippen molar-refractivity contribution in [1.82, 2.24) is 10.4 Å². The summed E-state index contributed by atoms with van der Waals surface area (Å²) >= 11 is 0. The molecule has 1 aromatic carbocycles. The number of rotatable bonds is 7. The second kappa shape index (κ2) is 9.34. The standard InChI is InChI=1S/C20H26N2O6/c1-20(2,3)27-19(26)21-15(14-8-5-4-6-9-14)10-7-11-18(25)28-22-16(23)12-13-17(22)24/h4-6,8-9,15H,7,10-13H2,1-3H3,(H,21,26). The number of nitrogens with zero attached hydrogens (tertiary/aromatic N) is 1.